The molecule has 0 radical (unpaired) electrons. The molecule has 116 valence electrons. The molecular formula is C14H26N2O2S2. The van der Waals surface area contributed by atoms with Gasteiger partial charge < -0.3 is 5.32 Å². The molecule has 0 aromatic carbocycles. The molecule has 1 aromatic heterocycles. The summed E-state index contributed by atoms with van der Waals surface area (Å²) in [4.78, 5) is 1.08. The number of nitrogens with zero attached hydrogens (tertiary/aromatic N) is 1. The summed E-state index contributed by atoms with van der Waals surface area (Å²) < 4.78 is 26.0. The lowest BCUT2D eigenvalue weighted by atomic mass is 10.3. The van der Waals surface area contributed by atoms with Crippen molar-refractivity contribution < 1.29 is 8.42 Å². The van der Waals surface area contributed by atoms with Crippen molar-refractivity contribution in [2.45, 2.75) is 45.7 Å². The molecule has 0 saturated carbocycles. The van der Waals surface area contributed by atoms with E-state index >= 15 is 0 Å². The van der Waals surface area contributed by atoms with Gasteiger partial charge >= 0.3 is 0 Å². The van der Waals surface area contributed by atoms with Crippen molar-refractivity contribution in [1.82, 2.24) is 9.62 Å². The molecule has 1 heterocycles. The van der Waals surface area contributed by atoms with Crippen molar-refractivity contribution in [1.29, 1.82) is 0 Å². The number of thiophene rings is 1. The topological polar surface area (TPSA) is 49.4 Å². The molecule has 4 nitrogen and oxygen atoms in total. The highest BCUT2D eigenvalue weighted by Crippen LogP contribution is 2.25. The van der Waals surface area contributed by atoms with E-state index in [0.717, 1.165) is 17.8 Å². The summed E-state index contributed by atoms with van der Waals surface area (Å²) in [5, 5.41) is 5.28. The Bertz CT molecular complexity index is 469. The van der Waals surface area contributed by atoms with Crippen LogP contribution in [0, 0.1) is 0 Å². The first kappa shape index (κ1) is 17.6. The summed E-state index contributed by atoms with van der Waals surface area (Å²) in [6, 6.07) is 4.30. The third kappa shape index (κ3) is 5.52. The maximum atomic E-state index is 12.3. The van der Waals surface area contributed by atoms with Crippen LogP contribution < -0.4 is 5.32 Å². The van der Waals surface area contributed by atoms with Crippen LogP contribution in [0.2, 0.25) is 0 Å². The number of unbranched alkanes of at least 4 members (excludes halogenated alkanes) is 1. The van der Waals surface area contributed by atoms with E-state index in [1.807, 2.05) is 24.4 Å². The Morgan fingerprint density at radius 2 is 2.00 bits per heavy atom. The first-order chi connectivity index (χ1) is 9.34. The highest BCUT2D eigenvalue weighted by molar-refractivity contribution is 7.89. The summed E-state index contributed by atoms with van der Waals surface area (Å²) in [5.41, 5.74) is 0. The Kier molecular flexibility index (Phi) is 7.15. The van der Waals surface area contributed by atoms with Crippen molar-refractivity contribution in [3.8, 4) is 0 Å². The van der Waals surface area contributed by atoms with Crippen LogP contribution in [-0.2, 0) is 10.0 Å². The minimum atomic E-state index is -3.17. The maximum Gasteiger partial charge on any atom is 0.214 e. The smallest absolute Gasteiger partial charge is 0.214 e. The molecule has 1 aromatic rings. The van der Waals surface area contributed by atoms with Gasteiger partial charge in [-0.25, -0.2) is 8.42 Å². The zero-order valence-electron chi connectivity index (χ0n) is 12.8. The summed E-state index contributed by atoms with van der Waals surface area (Å²) in [6.45, 7) is 6.99. The number of nitrogens with one attached hydrogen (secondary N) is 1. The Morgan fingerprint density at radius 3 is 2.55 bits per heavy atom. The van der Waals surface area contributed by atoms with Crippen molar-refractivity contribution in [3.63, 3.8) is 0 Å². The zero-order chi connectivity index (χ0) is 15.2. The molecule has 1 unspecified atom stereocenters. The van der Waals surface area contributed by atoms with Crippen LogP contribution >= 0.6 is 11.3 Å². The summed E-state index contributed by atoms with van der Waals surface area (Å²) in [6.07, 6.45) is 1.59. The summed E-state index contributed by atoms with van der Waals surface area (Å²) in [5.74, 6) is 0.221. The fourth-order valence-electron chi connectivity index (χ4n) is 1.89. The van der Waals surface area contributed by atoms with Gasteiger partial charge in [-0.1, -0.05) is 19.9 Å². The van der Waals surface area contributed by atoms with Gasteiger partial charge in [0.15, 0.2) is 0 Å². The predicted molar refractivity (Wildman–Crippen MR) is 86.7 cm³/mol. The van der Waals surface area contributed by atoms with E-state index in [0.29, 0.717) is 12.5 Å². The number of hydrogen-bond acceptors (Lipinski definition) is 4. The standard InChI is InChI=1S/C14H26N2O2S2/c1-12(2)15-9-5-6-11-20(17,18)16(4)13(3)14-8-7-10-19-14/h7-8,10,12-13,15H,5-6,9,11H2,1-4H3. The fourth-order valence-corrected chi connectivity index (χ4v) is 4.24. The molecule has 1 N–H and O–H groups in total. The Hall–Kier alpha value is -0.430. The average molecular weight is 319 g/mol. The van der Waals surface area contributed by atoms with Crippen LogP contribution in [0.1, 0.15) is 44.5 Å². The fraction of sp³-hybridized carbons (Fsp3) is 0.714. The molecule has 1 rings (SSSR count). The van der Waals surface area contributed by atoms with Crippen LogP contribution in [0.4, 0.5) is 0 Å². The van der Waals surface area contributed by atoms with Gasteiger partial charge in [0.05, 0.1) is 11.8 Å². The predicted octanol–water partition coefficient (Wildman–Crippen LogP) is 2.85. The van der Waals surface area contributed by atoms with Gasteiger partial charge in [0.1, 0.15) is 0 Å². The third-order valence-electron chi connectivity index (χ3n) is 3.32. The largest absolute Gasteiger partial charge is 0.315 e. The molecule has 0 spiro atoms. The van der Waals surface area contributed by atoms with E-state index in [9.17, 15) is 8.42 Å². The van der Waals surface area contributed by atoms with Gasteiger partial charge in [-0.3, -0.25) is 0 Å². The normalized spacial score (nSPS) is 14.1. The van der Waals surface area contributed by atoms with Gasteiger partial charge in [-0.2, -0.15) is 4.31 Å². The van der Waals surface area contributed by atoms with E-state index in [1.54, 1.807) is 18.4 Å². The second-order valence-corrected chi connectivity index (χ2v) is 8.47. The highest BCUT2D eigenvalue weighted by Gasteiger charge is 2.24. The van der Waals surface area contributed by atoms with E-state index in [-0.39, 0.29) is 11.8 Å². The lowest BCUT2D eigenvalue weighted by molar-refractivity contribution is 0.401. The van der Waals surface area contributed by atoms with Crippen LogP contribution in [0.5, 0.6) is 0 Å². The molecule has 20 heavy (non-hydrogen) atoms. The van der Waals surface area contributed by atoms with E-state index in [1.165, 1.54) is 4.31 Å². The van der Waals surface area contributed by atoms with Gasteiger partial charge in [0, 0.05) is 18.0 Å². The van der Waals surface area contributed by atoms with Crippen molar-refractivity contribution in [2.24, 2.45) is 0 Å². The first-order valence-electron chi connectivity index (χ1n) is 7.07. The van der Waals surface area contributed by atoms with Gasteiger partial charge in [-0.05, 0) is 37.8 Å². The van der Waals surface area contributed by atoms with E-state index < -0.39 is 10.0 Å². The SMILES string of the molecule is CC(C)NCCCCS(=O)(=O)N(C)C(C)c1cccs1. The molecule has 0 aliphatic rings. The Morgan fingerprint density at radius 1 is 1.30 bits per heavy atom. The van der Waals surface area contributed by atoms with Gasteiger partial charge in [0.25, 0.3) is 0 Å². The average Bonchev–Trinajstić information content (AvgIpc) is 2.89. The lowest BCUT2D eigenvalue weighted by Crippen LogP contribution is -2.32. The number of rotatable bonds is 9. The first-order valence-corrected chi connectivity index (χ1v) is 9.56. The molecule has 0 amide bonds. The zero-order valence-corrected chi connectivity index (χ0v) is 14.4. The molecule has 1 atom stereocenters. The highest BCUT2D eigenvalue weighted by atomic mass is 32.2. The van der Waals surface area contributed by atoms with Crippen LogP contribution in [0.25, 0.3) is 0 Å². The van der Waals surface area contributed by atoms with E-state index in [2.05, 4.69) is 19.2 Å². The van der Waals surface area contributed by atoms with E-state index in [4.69, 9.17) is 0 Å². The third-order valence-corrected chi connectivity index (χ3v) is 6.36. The van der Waals surface area contributed by atoms with Gasteiger partial charge in [0.2, 0.25) is 10.0 Å². The summed E-state index contributed by atoms with van der Waals surface area (Å²) >= 11 is 1.59. The molecule has 0 bridgehead atoms. The molecule has 0 fully saturated rings. The Labute approximate surface area is 127 Å². The number of hydrogen-bond donors (Lipinski definition) is 1. The van der Waals surface area contributed by atoms with Crippen LogP contribution in [0.15, 0.2) is 17.5 Å². The number of sulfonamides is 1. The summed E-state index contributed by atoms with van der Waals surface area (Å²) in [7, 11) is -1.50. The molecule has 6 heteroatoms. The second kappa shape index (κ2) is 8.12. The Balaban J connectivity index is 2.43. The monoisotopic (exact) mass is 318 g/mol. The second-order valence-electron chi connectivity index (χ2n) is 5.34. The minimum absolute atomic E-state index is 0.0891. The minimum Gasteiger partial charge on any atom is -0.315 e. The quantitative estimate of drug-likeness (QED) is 0.712. The van der Waals surface area contributed by atoms with Crippen LogP contribution in [-0.4, -0.2) is 38.1 Å². The van der Waals surface area contributed by atoms with Crippen molar-refractivity contribution >= 4 is 21.4 Å². The van der Waals surface area contributed by atoms with Gasteiger partial charge in [-0.15, -0.1) is 11.3 Å². The molecular weight excluding hydrogens is 292 g/mol. The van der Waals surface area contributed by atoms with Crippen molar-refractivity contribution in [3.05, 3.63) is 22.4 Å². The lowest BCUT2D eigenvalue weighted by Gasteiger charge is -2.23. The van der Waals surface area contributed by atoms with Crippen molar-refractivity contribution in [2.75, 3.05) is 19.3 Å². The molecule has 0 aliphatic heterocycles. The molecule has 0 saturated heterocycles. The molecule has 0 aliphatic carbocycles. The maximum absolute atomic E-state index is 12.3. The van der Waals surface area contributed by atoms with Crippen LogP contribution in [0.3, 0.4) is 0 Å².